The summed E-state index contributed by atoms with van der Waals surface area (Å²) in [7, 11) is 0. The number of fused-ring (bicyclic) bond motifs is 1. The van der Waals surface area contributed by atoms with Crippen LogP contribution in [0.2, 0.25) is 0 Å². The fourth-order valence-electron chi connectivity index (χ4n) is 2.10. The minimum Gasteiger partial charge on any atom is -0.339 e. The number of hydrogen-bond acceptors (Lipinski definition) is 3. The molecule has 0 spiro atoms. The Balaban J connectivity index is 2.42. The Kier molecular flexibility index (Phi) is 3.00. The van der Waals surface area contributed by atoms with Crippen LogP contribution in [0.3, 0.4) is 0 Å². The molecule has 0 fully saturated rings. The van der Waals surface area contributed by atoms with Gasteiger partial charge < -0.3 is 4.98 Å². The lowest BCUT2D eigenvalue weighted by molar-refractivity contribution is 0.443. The lowest BCUT2D eigenvalue weighted by Gasteiger charge is -2.12. The second-order valence-corrected chi connectivity index (χ2v) is 4.32. The highest BCUT2D eigenvalue weighted by Gasteiger charge is 2.20. The summed E-state index contributed by atoms with van der Waals surface area (Å²) in [5, 5.41) is 0. The highest BCUT2D eigenvalue weighted by Crippen LogP contribution is 2.19. The SMILES string of the molecule is CCc1nc2nc[nH]c2c(=O)n1-c1ccc(F)c(F)c1F. The Bertz CT molecular complexity index is 900. The minimum absolute atomic E-state index is 0.0660. The zero-order chi connectivity index (χ0) is 15.1. The summed E-state index contributed by atoms with van der Waals surface area (Å²) < 4.78 is 41.3. The average molecular weight is 294 g/mol. The highest BCUT2D eigenvalue weighted by molar-refractivity contribution is 5.69. The van der Waals surface area contributed by atoms with Crippen LogP contribution < -0.4 is 5.56 Å². The van der Waals surface area contributed by atoms with Gasteiger partial charge in [0.05, 0.1) is 12.0 Å². The maximum atomic E-state index is 13.9. The van der Waals surface area contributed by atoms with E-state index in [0.717, 1.165) is 16.7 Å². The number of aryl methyl sites for hydroxylation is 1. The number of hydrogen-bond donors (Lipinski definition) is 1. The van der Waals surface area contributed by atoms with Crippen molar-refractivity contribution in [2.75, 3.05) is 0 Å². The van der Waals surface area contributed by atoms with E-state index < -0.39 is 23.0 Å². The molecule has 1 aromatic carbocycles. The first-order chi connectivity index (χ1) is 10.0. The first-order valence-corrected chi connectivity index (χ1v) is 6.13. The molecule has 0 atom stereocenters. The van der Waals surface area contributed by atoms with E-state index in [0.29, 0.717) is 0 Å². The van der Waals surface area contributed by atoms with Gasteiger partial charge in [0.1, 0.15) is 5.82 Å². The topological polar surface area (TPSA) is 63.6 Å². The van der Waals surface area contributed by atoms with E-state index in [1.165, 1.54) is 6.33 Å². The second kappa shape index (κ2) is 4.72. The van der Waals surface area contributed by atoms with Crippen LogP contribution in [-0.4, -0.2) is 19.5 Å². The Hall–Kier alpha value is -2.64. The number of aromatic amines is 1. The number of aromatic nitrogens is 4. The van der Waals surface area contributed by atoms with Gasteiger partial charge in [-0.1, -0.05) is 6.92 Å². The molecule has 0 aliphatic heterocycles. The van der Waals surface area contributed by atoms with Crippen LogP contribution in [0, 0.1) is 17.5 Å². The summed E-state index contributed by atoms with van der Waals surface area (Å²) in [5.41, 5.74) is -0.758. The van der Waals surface area contributed by atoms with Crippen molar-refractivity contribution >= 4 is 11.2 Å². The summed E-state index contributed by atoms with van der Waals surface area (Å²) in [6.07, 6.45) is 1.57. The molecular formula is C13H9F3N4O. The van der Waals surface area contributed by atoms with Gasteiger partial charge in [0.25, 0.3) is 5.56 Å². The normalized spacial score (nSPS) is 11.2. The number of nitrogens with one attached hydrogen (secondary N) is 1. The predicted octanol–water partition coefficient (Wildman–Crippen LogP) is 2.09. The zero-order valence-electron chi connectivity index (χ0n) is 10.8. The summed E-state index contributed by atoms with van der Waals surface area (Å²) in [4.78, 5) is 23.0. The molecule has 0 amide bonds. The lowest BCUT2D eigenvalue weighted by atomic mass is 10.2. The van der Waals surface area contributed by atoms with E-state index in [2.05, 4.69) is 15.0 Å². The number of nitrogens with zero attached hydrogens (tertiary/aromatic N) is 3. The van der Waals surface area contributed by atoms with Crippen LogP contribution in [0.25, 0.3) is 16.9 Å². The molecule has 21 heavy (non-hydrogen) atoms. The van der Waals surface area contributed by atoms with Crippen molar-refractivity contribution in [2.24, 2.45) is 0 Å². The first kappa shape index (κ1) is 13.3. The molecule has 108 valence electrons. The summed E-state index contributed by atoms with van der Waals surface area (Å²) >= 11 is 0. The Morgan fingerprint density at radius 2 is 2.00 bits per heavy atom. The van der Waals surface area contributed by atoms with Gasteiger partial charge in [-0.05, 0) is 12.1 Å². The molecule has 8 heteroatoms. The smallest absolute Gasteiger partial charge is 0.284 e. The molecule has 0 saturated heterocycles. The molecule has 0 unspecified atom stereocenters. The van der Waals surface area contributed by atoms with Gasteiger partial charge in [-0.2, -0.15) is 0 Å². The van der Waals surface area contributed by atoms with Crippen molar-refractivity contribution in [2.45, 2.75) is 13.3 Å². The van der Waals surface area contributed by atoms with Crippen molar-refractivity contribution in [1.82, 2.24) is 19.5 Å². The van der Waals surface area contributed by atoms with E-state index in [1.54, 1.807) is 6.92 Å². The molecule has 0 aliphatic rings. The molecular weight excluding hydrogens is 285 g/mol. The number of H-pyrrole nitrogens is 1. The van der Waals surface area contributed by atoms with Crippen LogP contribution in [-0.2, 0) is 6.42 Å². The van der Waals surface area contributed by atoms with Crippen LogP contribution in [0.5, 0.6) is 0 Å². The maximum Gasteiger partial charge on any atom is 0.284 e. The summed E-state index contributed by atoms with van der Waals surface area (Å²) in [6, 6.07) is 1.76. The lowest BCUT2D eigenvalue weighted by Crippen LogP contribution is -2.25. The summed E-state index contributed by atoms with van der Waals surface area (Å²) in [5.74, 6) is -4.19. The van der Waals surface area contributed by atoms with Crippen molar-refractivity contribution < 1.29 is 13.2 Å². The molecule has 0 saturated carbocycles. The first-order valence-electron chi connectivity index (χ1n) is 6.13. The molecule has 2 aromatic heterocycles. The highest BCUT2D eigenvalue weighted by atomic mass is 19.2. The molecule has 0 aliphatic carbocycles. The molecule has 2 heterocycles. The fourth-order valence-corrected chi connectivity index (χ4v) is 2.10. The molecule has 3 aromatic rings. The Morgan fingerprint density at radius 3 is 2.71 bits per heavy atom. The van der Waals surface area contributed by atoms with Crippen LogP contribution in [0.15, 0.2) is 23.3 Å². The number of benzene rings is 1. The number of halogens is 3. The predicted molar refractivity (Wildman–Crippen MR) is 68.7 cm³/mol. The maximum absolute atomic E-state index is 13.9. The van der Waals surface area contributed by atoms with Gasteiger partial charge in [0, 0.05) is 6.42 Å². The Labute approximate surface area is 116 Å². The van der Waals surface area contributed by atoms with Crippen LogP contribution >= 0.6 is 0 Å². The van der Waals surface area contributed by atoms with Gasteiger partial charge in [-0.3, -0.25) is 9.36 Å². The summed E-state index contributed by atoms with van der Waals surface area (Å²) in [6.45, 7) is 1.70. The molecule has 5 nitrogen and oxygen atoms in total. The average Bonchev–Trinajstić information content (AvgIpc) is 2.94. The van der Waals surface area contributed by atoms with Crippen LogP contribution in [0.1, 0.15) is 12.7 Å². The fraction of sp³-hybridized carbons (Fsp3) is 0.154. The van der Waals surface area contributed by atoms with Crippen LogP contribution in [0.4, 0.5) is 13.2 Å². The third-order valence-corrected chi connectivity index (χ3v) is 3.10. The zero-order valence-corrected chi connectivity index (χ0v) is 10.8. The van der Waals surface area contributed by atoms with E-state index in [9.17, 15) is 18.0 Å². The van der Waals surface area contributed by atoms with Crippen molar-refractivity contribution in [3.63, 3.8) is 0 Å². The van der Waals surface area contributed by atoms with Gasteiger partial charge >= 0.3 is 0 Å². The van der Waals surface area contributed by atoms with E-state index in [1.807, 2.05) is 0 Å². The van der Waals surface area contributed by atoms with E-state index in [4.69, 9.17) is 0 Å². The van der Waals surface area contributed by atoms with Gasteiger partial charge in [-0.25, -0.2) is 23.1 Å². The largest absolute Gasteiger partial charge is 0.339 e. The van der Waals surface area contributed by atoms with E-state index >= 15 is 0 Å². The van der Waals surface area contributed by atoms with E-state index in [-0.39, 0.29) is 29.1 Å². The standard InChI is InChI=1S/C13H9F3N4O/c1-2-8-19-12-11(17-5-18-12)13(21)20(8)7-4-3-6(14)9(15)10(7)16/h3-5H,2H2,1H3,(H,17,18). The molecule has 3 rings (SSSR count). The number of imidazole rings is 1. The second-order valence-electron chi connectivity index (χ2n) is 4.32. The minimum atomic E-state index is -1.63. The van der Waals surface area contributed by atoms with Crippen molar-refractivity contribution in [1.29, 1.82) is 0 Å². The molecule has 0 bridgehead atoms. The monoisotopic (exact) mass is 294 g/mol. The van der Waals surface area contributed by atoms with Gasteiger partial charge in [0.2, 0.25) is 0 Å². The third kappa shape index (κ3) is 1.91. The molecule has 1 N–H and O–H groups in total. The van der Waals surface area contributed by atoms with Gasteiger partial charge in [0.15, 0.2) is 28.6 Å². The quantitative estimate of drug-likeness (QED) is 0.736. The van der Waals surface area contributed by atoms with Crippen molar-refractivity contribution in [3.8, 4) is 5.69 Å². The van der Waals surface area contributed by atoms with Crippen molar-refractivity contribution in [3.05, 3.63) is 52.1 Å². The Morgan fingerprint density at radius 1 is 1.24 bits per heavy atom. The third-order valence-electron chi connectivity index (χ3n) is 3.10. The molecule has 0 radical (unpaired) electrons. The van der Waals surface area contributed by atoms with Gasteiger partial charge in [-0.15, -0.1) is 0 Å². The number of rotatable bonds is 2.